The van der Waals surface area contributed by atoms with E-state index in [0.717, 1.165) is 19.3 Å². The second-order valence-corrected chi connectivity index (χ2v) is 7.87. The first kappa shape index (κ1) is 18.1. The molecule has 1 unspecified atom stereocenters. The SMILES string of the molecule is Cc1cc(F)cc(C)c1S(=O)(=O)NC(C)CCCC(C)C. The van der Waals surface area contributed by atoms with Gasteiger partial charge in [-0.2, -0.15) is 0 Å². The predicted molar refractivity (Wildman–Crippen MR) is 84.3 cm³/mol. The molecule has 0 saturated heterocycles. The van der Waals surface area contributed by atoms with Crippen molar-refractivity contribution in [1.82, 2.24) is 4.72 Å². The van der Waals surface area contributed by atoms with Crippen LogP contribution in [-0.2, 0) is 10.0 Å². The third-order valence-electron chi connectivity index (χ3n) is 3.47. The molecule has 21 heavy (non-hydrogen) atoms. The Hall–Kier alpha value is -0.940. The minimum atomic E-state index is -3.60. The van der Waals surface area contributed by atoms with Gasteiger partial charge in [-0.25, -0.2) is 17.5 Å². The van der Waals surface area contributed by atoms with Gasteiger partial charge >= 0.3 is 0 Å². The van der Waals surface area contributed by atoms with Crippen LogP contribution in [-0.4, -0.2) is 14.5 Å². The van der Waals surface area contributed by atoms with E-state index in [9.17, 15) is 12.8 Å². The molecule has 0 radical (unpaired) electrons. The number of nitrogens with one attached hydrogen (secondary N) is 1. The third kappa shape index (κ3) is 5.40. The van der Waals surface area contributed by atoms with Crippen LogP contribution in [0.5, 0.6) is 0 Å². The van der Waals surface area contributed by atoms with Gasteiger partial charge in [0.15, 0.2) is 0 Å². The molecule has 1 N–H and O–H groups in total. The molecule has 0 saturated carbocycles. The van der Waals surface area contributed by atoms with Crippen molar-refractivity contribution in [1.29, 1.82) is 0 Å². The van der Waals surface area contributed by atoms with E-state index in [4.69, 9.17) is 0 Å². The summed E-state index contributed by atoms with van der Waals surface area (Å²) in [5, 5.41) is 0. The summed E-state index contributed by atoms with van der Waals surface area (Å²) >= 11 is 0. The van der Waals surface area contributed by atoms with Crippen molar-refractivity contribution in [3.05, 3.63) is 29.1 Å². The fourth-order valence-electron chi connectivity index (χ4n) is 2.54. The largest absolute Gasteiger partial charge is 0.241 e. The summed E-state index contributed by atoms with van der Waals surface area (Å²) in [5.74, 6) is 0.212. The van der Waals surface area contributed by atoms with Crippen LogP contribution in [0.25, 0.3) is 0 Å². The number of benzene rings is 1. The van der Waals surface area contributed by atoms with Gasteiger partial charge in [-0.05, 0) is 56.4 Å². The molecule has 1 atom stereocenters. The second-order valence-electron chi connectivity index (χ2n) is 6.22. The van der Waals surface area contributed by atoms with Crippen LogP contribution in [0, 0.1) is 25.6 Å². The smallest absolute Gasteiger partial charge is 0.208 e. The van der Waals surface area contributed by atoms with E-state index in [-0.39, 0.29) is 10.9 Å². The van der Waals surface area contributed by atoms with Gasteiger partial charge in [0.05, 0.1) is 4.90 Å². The van der Waals surface area contributed by atoms with Gasteiger partial charge in [0.25, 0.3) is 0 Å². The number of halogens is 1. The molecule has 0 aromatic heterocycles. The Morgan fingerprint density at radius 1 is 1.10 bits per heavy atom. The molecule has 0 heterocycles. The minimum Gasteiger partial charge on any atom is -0.208 e. The van der Waals surface area contributed by atoms with Gasteiger partial charge in [0, 0.05) is 6.04 Å². The van der Waals surface area contributed by atoms with E-state index in [2.05, 4.69) is 18.6 Å². The van der Waals surface area contributed by atoms with E-state index < -0.39 is 15.8 Å². The Labute approximate surface area is 128 Å². The third-order valence-corrected chi connectivity index (χ3v) is 5.36. The fourth-order valence-corrected chi connectivity index (χ4v) is 4.27. The minimum absolute atomic E-state index is 0.127. The maximum Gasteiger partial charge on any atom is 0.241 e. The molecule has 1 aromatic carbocycles. The summed E-state index contributed by atoms with van der Waals surface area (Å²) in [6, 6.07) is 2.38. The second kappa shape index (κ2) is 7.36. The number of rotatable bonds is 7. The van der Waals surface area contributed by atoms with Gasteiger partial charge in [0.2, 0.25) is 10.0 Å². The summed E-state index contributed by atoms with van der Waals surface area (Å²) in [6.07, 6.45) is 2.88. The highest BCUT2D eigenvalue weighted by Crippen LogP contribution is 2.22. The van der Waals surface area contributed by atoms with E-state index in [1.54, 1.807) is 13.8 Å². The molecule has 0 bridgehead atoms. The molecule has 0 amide bonds. The Morgan fingerprint density at radius 2 is 1.62 bits per heavy atom. The summed E-state index contributed by atoms with van der Waals surface area (Å²) < 4.78 is 40.9. The topological polar surface area (TPSA) is 46.2 Å². The number of sulfonamides is 1. The molecule has 1 rings (SSSR count). The molecule has 1 aromatic rings. The van der Waals surface area contributed by atoms with Crippen LogP contribution in [0.2, 0.25) is 0 Å². The maximum absolute atomic E-state index is 13.3. The van der Waals surface area contributed by atoms with Gasteiger partial charge in [-0.3, -0.25) is 0 Å². The first-order valence-corrected chi connectivity index (χ1v) is 8.91. The van der Waals surface area contributed by atoms with Gasteiger partial charge in [0.1, 0.15) is 5.82 Å². The molecule has 0 aliphatic heterocycles. The number of aryl methyl sites for hydroxylation is 2. The molecule has 0 spiro atoms. The molecule has 3 nitrogen and oxygen atoms in total. The molecular formula is C16H26FNO2S. The lowest BCUT2D eigenvalue weighted by molar-refractivity contribution is 0.488. The molecule has 0 fully saturated rings. The zero-order valence-corrected chi connectivity index (χ0v) is 14.3. The van der Waals surface area contributed by atoms with Gasteiger partial charge in [-0.1, -0.05) is 26.7 Å². The van der Waals surface area contributed by atoms with Crippen LogP contribution in [0.1, 0.15) is 51.2 Å². The Morgan fingerprint density at radius 3 is 2.10 bits per heavy atom. The standard InChI is InChI=1S/C16H26FNO2S/c1-11(2)7-6-8-14(5)18-21(19,20)16-12(3)9-15(17)10-13(16)4/h9-11,14,18H,6-8H2,1-5H3. The van der Waals surface area contributed by atoms with Crippen LogP contribution in [0.3, 0.4) is 0 Å². The summed E-state index contributed by atoms with van der Waals surface area (Å²) in [4.78, 5) is 0.194. The summed E-state index contributed by atoms with van der Waals surface area (Å²) in [7, 11) is -3.60. The van der Waals surface area contributed by atoms with Crippen LogP contribution in [0.4, 0.5) is 4.39 Å². The highest BCUT2D eigenvalue weighted by Gasteiger charge is 2.22. The molecule has 120 valence electrons. The first-order valence-electron chi connectivity index (χ1n) is 7.42. The van der Waals surface area contributed by atoms with E-state index >= 15 is 0 Å². The highest BCUT2D eigenvalue weighted by molar-refractivity contribution is 7.89. The monoisotopic (exact) mass is 315 g/mol. The van der Waals surface area contributed by atoms with Gasteiger partial charge in [-0.15, -0.1) is 0 Å². The lowest BCUT2D eigenvalue weighted by atomic mass is 10.0. The molecule has 0 aliphatic rings. The molecule has 5 heteroatoms. The normalized spacial score (nSPS) is 13.7. The summed E-state index contributed by atoms with van der Waals surface area (Å²) in [5.41, 5.74) is 0.878. The zero-order chi connectivity index (χ0) is 16.2. The fraction of sp³-hybridized carbons (Fsp3) is 0.625. The van der Waals surface area contributed by atoms with Crippen molar-refractivity contribution in [3.8, 4) is 0 Å². The van der Waals surface area contributed by atoms with Crippen molar-refractivity contribution >= 4 is 10.0 Å². The Bertz CT molecular complexity index is 559. The van der Waals surface area contributed by atoms with E-state index in [1.807, 2.05) is 6.92 Å². The van der Waals surface area contributed by atoms with E-state index in [1.165, 1.54) is 12.1 Å². The van der Waals surface area contributed by atoms with Crippen molar-refractivity contribution in [2.45, 2.75) is 64.8 Å². The summed E-state index contributed by atoms with van der Waals surface area (Å²) in [6.45, 7) is 9.41. The van der Waals surface area contributed by atoms with Crippen LogP contribution < -0.4 is 4.72 Å². The van der Waals surface area contributed by atoms with Gasteiger partial charge < -0.3 is 0 Å². The quantitative estimate of drug-likeness (QED) is 0.828. The van der Waals surface area contributed by atoms with Crippen molar-refractivity contribution in [2.24, 2.45) is 5.92 Å². The number of hydrogen-bond acceptors (Lipinski definition) is 2. The van der Waals surface area contributed by atoms with Crippen LogP contribution >= 0.6 is 0 Å². The molecular weight excluding hydrogens is 289 g/mol. The van der Waals surface area contributed by atoms with E-state index in [0.29, 0.717) is 17.0 Å². The average molecular weight is 315 g/mol. The maximum atomic E-state index is 13.3. The average Bonchev–Trinajstić information content (AvgIpc) is 2.24. The van der Waals surface area contributed by atoms with Crippen molar-refractivity contribution in [2.75, 3.05) is 0 Å². The predicted octanol–water partition coefficient (Wildman–Crippen LogP) is 3.94. The zero-order valence-electron chi connectivity index (χ0n) is 13.5. The Kier molecular flexibility index (Phi) is 6.35. The number of hydrogen-bond donors (Lipinski definition) is 1. The lowest BCUT2D eigenvalue weighted by Gasteiger charge is -2.17. The molecule has 0 aliphatic carbocycles. The first-order chi connectivity index (χ1) is 9.63. The highest BCUT2D eigenvalue weighted by atomic mass is 32.2. The van der Waals surface area contributed by atoms with Crippen molar-refractivity contribution in [3.63, 3.8) is 0 Å². The Balaban J connectivity index is 2.83. The van der Waals surface area contributed by atoms with Crippen LogP contribution in [0.15, 0.2) is 17.0 Å². The lowest BCUT2D eigenvalue weighted by Crippen LogP contribution is -2.33. The van der Waals surface area contributed by atoms with Crippen molar-refractivity contribution < 1.29 is 12.8 Å².